The molecule has 1 unspecified atom stereocenters. The molecule has 6 heteroatoms. The molecule has 6 nitrogen and oxygen atoms in total. The van der Waals surface area contributed by atoms with Gasteiger partial charge in [0.05, 0.1) is 0 Å². The topological polar surface area (TPSA) is 116 Å². The van der Waals surface area contributed by atoms with E-state index < -0.39 is 17.9 Å². The van der Waals surface area contributed by atoms with Gasteiger partial charge in [-0.15, -0.1) is 0 Å². The van der Waals surface area contributed by atoms with E-state index in [1.165, 1.54) is 0 Å². The van der Waals surface area contributed by atoms with E-state index >= 15 is 0 Å². The predicted molar refractivity (Wildman–Crippen MR) is 45.6 cm³/mol. The number of carbonyl (C=O) groups is 2. The van der Waals surface area contributed by atoms with E-state index in [0.717, 1.165) is 0 Å². The first-order chi connectivity index (χ1) is 6.56. The fourth-order valence-corrected chi connectivity index (χ4v) is 1.30. The molecule has 0 aromatic carbocycles. The standard InChI is InChI=1S/C8H9N3O3/c9-3-4(7(10)12)5-1-2-6(11-5)8(13)14/h6,11H,1-2H2,(H2,10,12)(H,13,14)/b5-4-. The molecule has 0 aromatic heterocycles. The van der Waals surface area contributed by atoms with Crippen molar-refractivity contribution in [2.45, 2.75) is 18.9 Å². The molecule has 1 aliphatic heterocycles. The molecule has 74 valence electrons. The quantitative estimate of drug-likeness (QED) is 0.389. The molecule has 0 spiro atoms. The highest BCUT2D eigenvalue weighted by Gasteiger charge is 2.27. The zero-order valence-electron chi connectivity index (χ0n) is 7.28. The molecule has 1 amide bonds. The third kappa shape index (κ3) is 1.82. The van der Waals surface area contributed by atoms with Crippen molar-refractivity contribution < 1.29 is 14.7 Å². The number of nitrogens with two attached hydrogens (primary N) is 1. The molecule has 1 aliphatic rings. The molecule has 0 aliphatic carbocycles. The van der Waals surface area contributed by atoms with Crippen LogP contribution in [0.4, 0.5) is 0 Å². The average molecular weight is 195 g/mol. The zero-order valence-corrected chi connectivity index (χ0v) is 7.28. The lowest BCUT2D eigenvalue weighted by atomic mass is 10.1. The lowest BCUT2D eigenvalue weighted by Crippen LogP contribution is -2.30. The Morgan fingerprint density at radius 1 is 1.64 bits per heavy atom. The van der Waals surface area contributed by atoms with Gasteiger partial charge in [0.15, 0.2) is 0 Å². The van der Waals surface area contributed by atoms with Gasteiger partial charge in [-0.05, 0) is 12.8 Å². The highest BCUT2D eigenvalue weighted by molar-refractivity contribution is 5.96. The summed E-state index contributed by atoms with van der Waals surface area (Å²) in [5.74, 6) is -1.83. The van der Waals surface area contributed by atoms with Crippen LogP contribution < -0.4 is 11.1 Å². The highest BCUT2D eigenvalue weighted by atomic mass is 16.4. The summed E-state index contributed by atoms with van der Waals surface area (Å²) in [6.45, 7) is 0. The third-order valence-electron chi connectivity index (χ3n) is 1.99. The van der Waals surface area contributed by atoms with Gasteiger partial charge in [0.25, 0.3) is 5.91 Å². The first-order valence-corrected chi connectivity index (χ1v) is 3.98. The number of rotatable bonds is 2. The van der Waals surface area contributed by atoms with Crippen LogP contribution in [0.1, 0.15) is 12.8 Å². The monoisotopic (exact) mass is 195 g/mol. The number of nitrogens with zero attached hydrogens (tertiary/aromatic N) is 1. The summed E-state index contributed by atoms with van der Waals surface area (Å²) < 4.78 is 0. The number of hydrogen-bond donors (Lipinski definition) is 3. The molecule has 1 rings (SSSR count). The Morgan fingerprint density at radius 3 is 2.64 bits per heavy atom. The van der Waals surface area contributed by atoms with Crippen LogP contribution in [-0.2, 0) is 9.59 Å². The summed E-state index contributed by atoms with van der Waals surface area (Å²) in [6, 6.07) is 0.924. The van der Waals surface area contributed by atoms with Gasteiger partial charge in [-0.3, -0.25) is 4.79 Å². The summed E-state index contributed by atoms with van der Waals surface area (Å²) in [6.07, 6.45) is 0.728. The molecule has 4 N–H and O–H groups in total. The number of carbonyl (C=O) groups excluding carboxylic acids is 1. The van der Waals surface area contributed by atoms with Crippen molar-refractivity contribution in [1.29, 1.82) is 5.26 Å². The van der Waals surface area contributed by atoms with Crippen molar-refractivity contribution in [2.24, 2.45) is 5.73 Å². The normalized spacial score (nSPS) is 23.5. The first kappa shape index (κ1) is 10.1. The number of allylic oxidation sites excluding steroid dienone is 1. The maximum Gasteiger partial charge on any atom is 0.326 e. The number of carboxylic acid groups (broad SMARTS) is 1. The van der Waals surface area contributed by atoms with Gasteiger partial charge in [0.2, 0.25) is 0 Å². The van der Waals surface area contributed by atoms with Gasteiger partial charge in [0.1, 0.15) is 17.7 Å². The SMILES string of the molecule is N#C/C(C(N)=O)=C1\CCC(C(=O)O)N1. The van der Waals surface area contributed by atoms with E-state index in [0.29, 0.717) is 18.5 Å². The molecule has 14 heavy (non-hydrogen) atoms. The van der Waals surface area contributed by atoms with Gasteiger partial charge >= 0.3 is 5.97 Å². The van der Waals surface area contributed by atoms with E-state index in [9.17, 15) is 9.59 Å². The lowest BCUT2D eigenvalue weighted by molar-refractivity contribution is -0.139. The van der Waals surface area contributed by atoms with Crippen LogP contribution in [0, 0.1) is 11.3 Å². The van der Waals surface area contributed by atoms with Crippen LogP contribution in [0.3, 0.4) is 0 Å². The van der Waals surface area contributed by atoms with Crippen LogP contribution in [0.5, 0.6) is 0 Å². The largest absolute Gasteiger partial charge is 0.480 e. The molecular weight excluding hydrogens is 186 g/mol. The summed E-state index contributed by atoms with van der Waals surface area (Å²) in [4.78, 5) is 21.3. The van der Waals surface area contributed by atoms with Gasteiger partial charge in [0, 0.05) is 5.70 Å². The molecule has 1 saturated heterocycles. The third-order valence-corrected chi connectivity index (χ3v) is 1.99. The smallest absolute Gasteiger partial charge is 0.326 e. The van der Waals surface area contributed by atoms with Gasteiger partial charge in [-0.25, -0.2) is 4.79 Å². The second-order valence-electron chi connectivity index (χ2n) is 2.90. The van der Waals surface area contributed by atoms with Gasteiger partial charge in [-0.1, -0.05) is 0 Å². The molecule has 1 heterocycles. The number of nitriles is 1. The Hall–Kier alpha value is -2.03. The Bertz CT molecular complexity index is 353. The second kappa shape index (κ2) is 3.79. The van der Waals surface area contributed by atoms with E-state index in [1.54, 1.807) is 6.07 Å². The summed E-state index contributed by atoms with van der Waals surface area (Å²) in [5, 5.41) is 19.8. The van der Waals surface area contributed by atoms with Crippen LogP contribution in [0.2, 0.25) is 0 Å². The van der Waals surface area contributed by atoms with Gasteiger partial charge in [-0.2, -0.15) is 5.26 Å². The lowest BCUT2D eigenvalue weighted by Gasteiger charge is -2.05. The Labute approximate surface area is 80.0 Å². The maximum atomic E-state index is 10.7. The van der Waals surface area contributed by atoms with Crippen LogP contribution in [-0.4, -0.2) is 23.0 Å². The second-order valence-corrected chi connectivity index (χ2v) is 2.90. The number of amides is 1. The number of primary amides is 1. The molecule has 0 bridgehead atoms. The molecule has 0 aromatic rings. The number of nitrogens with one attached hydrogen (secondary N) is 1. The van der Waals surface area contributed by atoms with Crippen LogP contribution in [0.25, 0.3) is 0 Å². The molecular formula is C8H9N3O3. The Morgan fingerprint density at radius 2 is 2.29 bits per heavy atom. The zero-order chi connectivity index (χ0) is 10.7. The van der Waals surface area contributed by atoms with Crippen molar-refractivity contribution in [3.8, 4) is 6.07 Å². The van der Waals surface area contributed by atoms with Gasteiger partial charge < -0.3 is 16.2 Å². The fraction of sp³-hybridized carbons (Fsp3) is 0.375. The average Bonchev–Trinajstić information content (AvgIpc) is 2.53. The first-order valence-electron chi connectivity index (χ1n) is 3.98. The number of hydrogen-bond acceptors (Lipinski definition) is 4. The fourth-order valence-electron chi connectivity index (χ4n) is 1.30. The van der Waals surface area contributed by atoms with Crippen molar-refractivity contribution >= 4 is 11.9 Å². The van der Waals surface area contributed by atoms with Crippen molar-refractivity contribution in [3.05, 3.63) is 11.3 Å². The van der Waals surface area contributed by atoms with E-state index in [2.05, 4.69) is 5.32 Å². The van der Waals surface area contributed by atoms with E-state index in [-0.39, 0.29) is 5.57 Å². The van der Waals surface area contributed by atoms with Crippen molar-refractivity contribution in [1.82, 2.24) is 5.32 Å². The van der Waals surface area contributed by atoms with Crippen molar-refractivity contribution in [2.75, 3.05) is 0 Å². The van der Waals surface area contributed by atoms with E-state index in [1.807, 2.05) is 0 Å². The maximum absolute atomic E-state index is 10.7. The molecule has 0 saturated carbocycles. The summed E-state index contributed by atoms with van der Waals surface area (Å²) in [7, 11) is 0. The Kier molecular flexibility index (Phi) is 2.72. The molecule has 1 fully saturated rings. The minimum absolute atomic E-state index is 0.186. The predicted octanol–water partition coefficient (Wildman–Crippen LogP) is -0.914. The van der Waals surface area contributed by atoms with E-state index in [4.69, 9.17) is 16.1 Å². The van der Waals surface area contributed by atoms with Crippen molar-refractivity contribution in [3.63, 3.8) is 0 Å². The summed E-state index contributed by atoms with van der Waals surface area (Å²) in [5.41, 5.74) is 5.08. The minimum atomic E-state index is -0.998. The highest BCUT2D eigenvalue weighted by Crippen LogP contribution is 2.18. The number of aliphatic carboxylic acids is 1. The Balaban J connectivity index is 2.88. The van der Waals surface area contributed by atoms with Crippen LogP contribution in [0.15, 0.2) is 11.3 Å². The number of carboxylic acids is 1. The molecule has 0 radical (unpaired) electrons. The summed E-state index contributed by atoms with van der Waals surface area (Å²) >= 11 is 0. The molecule has 1 atom stereocenters. The minimum Gasteiger partial charge on any atom is -0.480 e. The van der Waals surface area contributed by atoms with Crippen LogP contribution >= 0.6 is 0 Å².